The van der Waals surface area contributed by atoms with Gasteiger partial charge in [-0.25, -0.2) is 18.6 Å². The number of benzene rings is 1. The highest BCUT2D eigenvalue weighted by molar-refractivity contribution is 6.31. The molecule has 0 amide bonds. The molecule has 1 aromatic heterocycles. The third kappa shape index (κ3) is 5.96. The second-order valence-electron chi connectivity index (χ2n) is 9.46. The van der Waals surface area contributed by atoms with Gasteiger partial charge in [0.25, 0.3) is 0 Å². The summed E-state index contributed by atoms with van der Waals surface area (Å²) in [4.78, 5) is 17.7. The predicted molar refractivity (Wildman–Crippen MR) is 124 cm³/mol. The molecule has 0 atom stereocenters. The van der Waals surface area contributed by atoms with E-state index in [1.807, 2.05) is 19.9 Å². The number of hydrogen-bond donors (Lipinski definition) is 1. The maximum atomic E-state index is 15.5. The zero-order valence-corrected chi connectivity index (χ0v) is 20.1. The van der Waals surface area contributed by atoms with E-state index in [1.54, 1.807) is 6.20 Å². The SMILES string of the molecule is CC(C)Oc1ncc(CN2CCC(F)(COc3cc(F)c(C(=O)O)cc3C3CC3)CC2)cc1Cl. The largest absolute Gasteiger partial charge is 0.490 e. The van der Waals surface area contributed by atoms with Gasteiger partial charge in [0, 0.05) is 31.9 Å². The quantitative estimate of drug-likeness (QED) is 0.488. The Labute approximate surface area is 202 Å². The van der Waals surface area contributed by atoms with Crippen molar-refractivity contribution < 1.29 is 28.2 Å². The van der Waals surface area contributed by atoms with E-state index in [2.05, 4.69) is 9.88 Å². The molecule has 184 valence electrons. The number of carboxylic acids is 1. The molecule has 34 heavy (non-hydrogen) atoms. The standard InChI is InChI=1S/C25H29ClF2N2O4/c1-15(2)34-23-20(26)9-16(12-29-23)13-30-7-5-25(28,6-8-30)14-33-22-11-21(27)19(24(31)32)10-18(22)17-3-4-17/h9-12,15,17H,3-8,13-14H2,1-2H3,(H,31,32). The Kier molecular flexibility index (Phi) is 7.28. The Hall–Kier alpha value is -2.45. The Morgan fingerprint density at radius 3 is 2.59 bits per heavy atom. The third-order valence-electron chi connectivity index (χ3n) is 6.20. The van der Waals surface area contributed by atoms with Gasteiger partial charge < -0.3 is 14.6 Å². The summed E-state index contributed by atoms with van der Waals surface area (Å²) in [5.74, 6) is -1.40. The predicted octanol–water partition coefficient (Wildman–Crippen LogP) is 5.62. The molecule has 6 nitrogen and oxygen atoms in total. The molecule has 9 heteroatoms. The van der Waals surface area contributed by atoms with Crippen molar-refractivity contribution in [1.82, 2.24) is 9.88 Å². The molecule has 1 aromatic carbocycles. The first-order valence-corrected chi connectivity index (χ1v) is 11.9. The summed E-state index contributed by atoms with van der Waals surface area (Å²) in [6.07, 6.45) is 4.03. The first kappa shape index (κ1) is 24.7. The van der Waals surface area contributed by atoms with Crippen molar-refractivity contribution in [1.29, 1.82) is 0 Å². The van der Waals surface area contributed by atoms with Gasteiger partial charge in [-0.2, -0.15) is 0 Å². The van der Waals surface area contributed by atoms with Crippen molar-refractivity contribution in [3.8, 4) is 11.6 Å². The fourth-order valence-electron chi connectivity index (χ4n) is 4.16. The van der Waals surface area contributed by atoms with E-state index in [0.717, 1.165) is 24.5 Å². The highest BCUT2D eigenvalue weighted by atomic mass is 35.5. The van der Waals surface area contributed by atoms with E-state index in [4.69, 9.17) is 21.1 Å². The van der Waals surface area contributed by atoms with Gasteiger partial charge in [0.05, 0.1) is 11.7 Å². The lowest BCUT2D eigenvalue weighted by Crippen LogP contribution is -2.44. The van der Waals surface area contributed by atoms with E-state index in [1.165, 1.54) is 6.07 Å². The van der Waals surface area contributed by atoms with Crippen molar-refractivity contribution in [2.45, 2.75) is 63.8 Å². The van der Waals surface area contributed by atoms with Crippen LogP contribution >= 0.6 is 11.6 Å². The minimum Gasteiger partial charge on any atom is -0.490 e. The molecule has 1 saturated heterocycles. The van der Waals surface area contributed by atoms with Gasteiger partial charge in [-0.15, -0.1) is 0 Å². The summed E-state index contributed by atoms with van der Waals surface area (Å²) >= 11 is 6.27. The fourth-order valence-corrected chi connectivity index (χ4v) is 4.39. The second kappa shape index (κ2) is 10.0. The summed E-state index contributed by atoms with van der Waals surface area (Å²) in [6.45, 7) is 5.27. The molecule has 4 rings (SSSR count). The molecule has 0 spiro atoms. The van der Waals surface area contributed by atoms with Crippen molar-refractivity contribution in [3.05, 3.63) is 51.9 Å². The monoisotopic (exact) mass is 494 g/mol. The molecule has 1 aliphatic heterocycles. The second-order valence-corrected chi connectivity index (χ2v) is 9.87. The Balaban J connectivity index is 1.34. The van der Waals surface area contributed by atoms with Gasteiger partial charge >= 0.3 is 5.97 Å². The smallest absolute Gasteiger partial charge is 0.338 e. The molecular formula is C25H29ClF2N2O4. The first-order valence-electron chi connectivity index (χ1n) is 11.6. The molecule has 1 saturated carbocycles. The van der Waals surface area contributed by atoms with Gasteiger partial charge in [-0.1, -0.05) is 11.6 Å². The topological polar surface area (TPSA) is 71.9 Å². The van der Waals surface area contributed by atoms with E-state index < -0.39 is 17.5 Å². The number of ether oxygens (including phenoxy) is 2. The van der Waals surface area contributed by atoms with Gasteiger partial charge in [0.2, 0.25) is 5.88 Å². The highest BCUT2D eigenvalue weighted by Crippen LogP contribution is 2.45. The van der Waals surface area contributed by atoms with Crippen molar-refractivity contribution in [3.63, 3.8) is 0 Å². The lowest BCUT2D eigenvalue weighted by Gasteiger charge is -2.36. The Morgan fingerprint density at radius 1 is 1.29 bits per heavy atom. The molecule has 0 bridgehead atoms. The number of aromatic carboxylic acids is 1. The van der Waals surface area contributed by atoms with Crippen molar-refractivity contribution in [2.75, 3.05) is 19.7 Å². The van der Waals surface area contributed by atoms with Crippen LogP contribution < -0.4 is 9.47 Å². The van der Waals surface area contributed by atoms with Crippen LogP contribution in [-0.2, 0) is 6.54 Å². The molecule has 2 aliphatic rings. The average Bonchev–Trinajstić information content (AvgIpc) is 3.61. The van der Waals surface area contributed by atoms with Crippen LogP contribution in [0.1, 0.15) is 66.9 Å². The van der Waals surface area contributed by atoms with E-state index in [-0.39, 0.29) is 42.8 Å². The molecule has 1 aliphatic carbocycles. The number of piperidine rings is 1. The summed E-state index contributed by atoms with van der Waals surface area (Å²) in [5, 5.41) is 9.64. The molecular weight excluding hydrogens is 466 g/mol. The molecule has 0 unspecified atom stereocenters. The van der Waals surface area contributed by atoms with Crippen LogP contribution in [0.3, 0.4) is 0 Å². The average molecular weight is 495 g/mol. The minimum atomic E-state index is -1.54. The number of pyridine rings is 1. The van der Waals surface area contributed by atoms with Crippen LogP contribution in [0.25, 0.3) is 0 Å². The molecule has 2 aromatic rings. The lowest BCUT2D eigenvalue weighted by molar-refractivity contribution is 0.0148. The zero-order valence-electron chi connectivity index (χ0n) is 19.3. The van der Waals surface area contributed by atoms with Crippen LogP contribution in [0.15, 0.2) is 24.4 Å². The number of aromatic nitrogens is 1. The minimum absolute atomic E-state index is 0.0233. The Morgan fingerprint density at radius 2 is 2.00 bits per heavy atom. The van der Waals surface area contributed by atoms with Crippen LogP contribution in [0, 0.1) is 5.82 Å². The van der Waals surface area contributed by atoms with Crippen molar-refractivity contribution in [2.24, 2.45) is 0 Å². The van der Waals surface area contributed by atoms with E-state index >= 15 is 4.39 Å². The number of halogens is 3. The first-order chi connectivity index (χ1) is 16.1. The van der Waals surface area contributed by atoms with Crippen LogP contribution in [0.2, 0.25) is 5.02 Å². The van der Waals surface area contributed by atoms with Gasteiger partial charge in [0.1, 0.15) is 28.9 Å². The van der Waals surface area contributed by atoms with Gasteiger partial charge in [-0.3, -0.25) is 4.90 Å². The number of carbonyl (C=O) groups is 1. The number of hydrogen-bond acceptors (Lipinski definition) is 5. The summed E-state index contributed by atoms with van der Waals surface area (Å²) in [6, 6.07) is 4.23. The number of rotatable bonds is 9. The van der Waals surface area contributed by atoms with Gasteiger partial charge in [-0.05, 0) is 68.7 Å². The summed E-state index contributed by atoms with van der Waals surface area (Å²) in [5.41, 5.74) is -0.346. The maximum Gasteiger partial charge on any atom is 0.338 e. The number of carboxylic acid groups (broad SMARTS) is 1. The fraction of sp³-hybridized carbons (Fsp3) is 0.520. The van der Waals surface area contributed by atoms with E-state index in [9.17, 15) is 14.3 Å². The molecule has 1 N–H and O–H groups in total. The zero-order chi connectivity index (χ0) is 24.5. The van der Waals surface area contributed by atoms with E-state index in [0.29, 0.717) is 36.1 Å². The molecule has 2 heterocycles. The molecule has 2 fully saturated rings. The van der Waals surface area contributed by atoms with Crippen LogP contribution in [0.4, 0.5) is 8.78 Å². The number of alkyl halides is 1. The third-order valence-corrected chi connectivity index (χ3v) is 6.47. The maximum absolute atomic E-state index is 15.5. The number of likely N-dealkylation sites (tertiary alicyclic amines) is 1. The lowest BCUT2D eigenvalue weighted by atomic mass is 9.94. The van der Waals surface area contributed by atoms with Gasteiger partial charge in [0.15, 0.2) is 0 Å². The normalized spacial score (nSPS) is 18.2. The van der Waals surface area contributed by atoms with Crippen LogP contribution in [0.5, 0.6) is 11.6 Å². The molecule has 0 radical (unpaired) electrons. The highest BCUT2D eigenvalue weighted by Gasteiger charge is 2.37. The van der Waals surface area contributed by atoms with Crippen molar-refractivity contribution >= 4 is 17.6 Å². The summed E-state index contributed by atoms with van der Waals surface area (Å²) < 4.78 is 41.0. The summed E-state index contributed by atoms with van der Waals surface area (Å²) in [7, 11) is 0. The van der Waals surface area contributed by atoms with Crippen LogP contribution in [-0.4, -0.2) is 52.4 Å². The Bertz CT molecular complexity index is 1050. The number of nitrogens with zero attached hydrogens (tertiary/aromatic N) is 2.